The maximum Gasteiger partial charge on any atom is 0.191 e. The van der Waals surface area contributed by atoms with Crippen LogP contribution in [0.2, 0.25) is 0 Å². The van der Waals surface area contributed by atoms with E-state index in [0.29, 0.717) is 18.7 Å². The first-order chi connectivity index (χ1) is 10.8. The van der Waals surface area contributed by atoms with Crippen LogP contribution in [-0.4, -0.2) is 46.5 Å². The van der Waals surface area contributed by atoms with Gasteiger partial charge in [0.05, 0.1) is 6.54 Å². The maximum atomic E-state index is 5.11. The number of guanidine groups is 1. The van der Waals surface area contributed by atoms with E-state index in [1.165, 1.54) is 19.3 Å². The predicted octanol–water partition coefficient (Wildman–Crippen LogP) is 0.847. The number of aryl methyl sites for hydroxylation is 1. The molecule has 0 amide bonds. The lowest BCUT2D eigenvalue weighted by Crippen LogP contribution is -2.51. The van der Waals surface area contributed by atoms with Crippen molar-refractivity contribution >= 4 is 5.96 Å². The van der Waals surface area contributed by atoms with Crippen LogP contribution < -0.4 is 10.6 Å². The van der Waals surface area contributed by atoms with Crippen LogP contribution in [0.25, 0.3) is 0 Å². The highest BCUT2D eigenvalue weighted by atomic mass is 16.5. The molecule has 2 heterocycles. The van der Waals surface area contributed by atoms with E-state index >= 15 is 0 Å². The van der Waals surface area contributed by atoms with Crippen LogP contribution in [0, 0.1) is 0 Å². The van der Waals surface area contributed by atoms with Gasteiger partial charge in [-0.1, -0.05) is 0 Å². The Balaban J connectivity index is 1.59. The Bertz CT molecular complexity index is 522. The zero-order chi connectivity index (χ0) is 15.4. The summed E-state index contributed by atoms with van der Waals surface area (Å²) in [7, 11) is 1.67. The summed E-state index contributed by atoms with van der Waals surface area (Å²) in [4.78, 5) is 9.07. The van der Waals surface area contributed by atoms with E-state index in [2.05, 4.69) is 32.6 Å². The molecule has 22 heavy (non-hydrogen) atoms. The van der Waals surface area contributed by atoms with Gasteiger partial charge in [0.1, 0.15) is 12.4 Å². The second-order valence-electron chi connectivity index (χ2n) is 6.03. The number of fused-ring (bicyclic) bond motifs is 1. The fourth-order valence-electron chi connectivity index (χ4n) is 2.90. The molecule has 0 bridgehead atoms. The van der Waals surface area contributed by atoms with Gasteiger partial charge in [-0.15, -0.1) is 0 Å². The Kier molecular flexibility index (Phi) is 4.92. The van der Waals surface area contributed by atoms with Crippen molar-refractivity contribution in [1.29, 1.82) is 0 Å². The Labute approximate surface area is 131 Å². The minimum absolute atomic E-state index is 0.350. The molecule has 1 aromatic heterocycles. The van der Waals surface area contributed by atoms with Gasteiger partial charge >= 0.3 is 0 Å². The van der Waals surface area contributed by atoms with Crippen molar-refractivity contribution in [3.8, 4) is 0 Å². The highest BCUT2D eigenvalue weighted by Gasteiger charge is 2.24. The lowest BCUT2D eigenvalue weighted by atomic mass is 9.93. The molecule has 1 aromatic rings. The fraction of sp³-hybridized carbons (Fsp3) is 0.800. The molecule has 1 unspecified atom stereocenters. The van der Waals surface area contributed by atoms with Gasteiger partial charge in [0.25, 0.3) is 0 Å². The first kappa shape index (κ1) is 15.3. The normalized spacial score (nSPS) is 22.1. The van der Waals surface area contributed by atoms with Gasteiger partial charge in [-0.2, -0.15) is 5.10 Å². The number of aromatic nitrogens is 3. The number of ether oxygens (including phenoxy) is 1. The fourth-order valence-corrected chi connectivity index (χ4v) is 2.90. The van der Waals surface area contributed by atoms with E-state index in [4.69, 9.17) is 4.74 Å². The molecule has 1 saturated carbocycles. The number of hydrogen-bond donors (Lipinski definition) is 2. The molecule has 1 aliphatic carbocycles. The van der Waals surface area contributed by atoms with E-state index < -0.39 is 0 Å². The van der Waals surface area contributed by atoms with Gasteiger partial charge in [0.15, 0.2) is 11.8 Å². The van der Waals surface area contributed by atoms with Crippen LogP contribution in [0.1, 0.15) is 44.3 Å². The van der Waals surface area contributed by atoms with Crippen molar-refractivity contribution in [3.05, 3.63) is 11.6 Å². The molecule has 0 saturated heterocycles. The number of nitrogens with one attached hydrogen (secondary N) is 2. The van der Waals surface area contributed by atoms with Crippen LogP contribution in [0.15, 0.2) is 4.99 Å². The van der Waals surface area contributed by atoms with E-state index in [1.807, 2.05) is 4.68 Å². The highest BCUT2D eigenvalue weighted by Crippen LogP contribution is 2.18. The molecule has 2 aliphatic rings. The standard InChI is InChI=1S/C15H26N6O/c1-3-16-15(17-11-5-4-6-11)18-12-7-8-14-19-13(10-22-2)20-21(14)9-12/h11-12H,3-10H2,1-2H3,(H2,16,17,18). The van der Waals surface area contributed by atoms with Crippen molar-refractivity contribution in [2.45, 2.75) is 64.3 Å². The molecule has 1 atom stereocenters. The monoisotopic (exact) mass is 306 g/mol. The topological polar surface area (TPSA) is 76.4 Å². The van der Waals surface area contributed by atoms with E-state index in [0.717, 1.165) is 43.5 Å². The van der Waals surface area contributed by atoms with Crippen LogP contribution in [0.4, 0.5) is 0 Å². The van der Waals surface area contributed by atoms with Crippen LogP contribution in [0.3, 0.4) is 0 Å². The van der Waals surface area contributed by atoms with Gasteiger partial charge in [0.2, 0.25) is 0 Å². The van der Waals surface area contributed by atoms with Gasteiger partial charge in [-0.05, 0) is 32.6 Å². The highest BCUT2D eigenvalue weighted by molar-refractivity contribution is 5.80. The van der Waals surface area contributed by atoms with E-state index in [1.54, 1.807) is 7.11 Å². The average molecular weight is 306 g/mol. The van der Waals surface area contributed by atoms with E-state index in [9.17, 15) is 0 Å². The van der Waals surface area contributed by atoms with E-state index in [-0.39, 0.29) is 0 Å². The van der Waals surface area contributed by atoms with Crippen LogP contribution in [0.5, 0.6) is 0 Å². The molecule has 1 fully saturated rings. The quantitative estimate of drug-likeness (QED) is 0.623. The predicted molar refractivity (Wildman–Crippen MR) is 84.7 cm³/mol. The first-order valence-corrected chi connectivity index (χ1v) is 8.27. The third-order valence-electron chi connectivity index (χ3n) is 4.28. The summed E-state index contributed by atoms with van der Waals surface area (Å²) >= 11 is 0. The number of hydrogen-bond acceptors (Lipinski definition) is 4. The number of aliphatic imine (C=N–C) groups is 1. The van der Waals surface area contributed by atoms with Crippen molar-refractivity contribution in [2.75, 3.05) is 13.7 Å². The molecule has 0 spiro atoms. The van der Waals surface area contributed by atoms with Crippen molar-refractivity contribution in [1.82, 2.24) is 25.4 Å². The van der Waals surface area contributed by atoms with Crippen LogP contribution >= 0.6 is 0 Å². The molecule has 0 aromatic carbocycles. The first-order valence-electron chi connectivity index (χ1n) is 8.27. The number of methoxy groups -OCH3 is 1. The summed E-state index contributed by atoms with van der Waals surface area (Å²) in [6.45, 7) is 4.17. The largest absolute Gasteiger partial charge is 0.377 e. The molecule has 7 nitrogen and oxygen atoms in total. The number of rotatable bonds is 5. The van der Waals surface area contributed by atoms with Gasteiger partial charge in [0, 0.05) is 32.2 Å². The Morgan fingerprint density at radius 3 is 2.82 bits per heavy atom. The lowest BCUT2D eigenvalue weighted by molar-refractivity contribution is 0.177. The molecule has 2 N–H and O–H groups in total. The molecule has 1 aliphatic heterocycles. The van der Waals surface area contributed by atoms with Crippen molar-refractivity contribution in [2.24, 2.45) is 4.99 Å². The zero-order valence-electron chi connectivity index (χ0n) is 13.5. The second-order valence-corrected chi connectivity index (χ2v) is 6.03. The summed E-state index contributed by atoms with van der Waals surface area (Å²) in [5, 5.41) is 11.6. The SMILES string of the molecule is CCN=C(NC1CCC1)NC1CCc2nc(COC)nn2C1. The Morgan fingerprint density at radius 2 is 2.14 bits per heavy atom. The van der Waals surface area contributed by atoms with Gasteiger partial charge in [-0.3, -0.25) is 4.99 Å². The summed E-state index contributed by atoms with van der Waals surface area (Å²) in [6, 6.07) is 0.944. The Hall–Kier alpha value is -1.63. The Morgan fingerprint density at radius 1 is 1.32 bits per heavy atom. The lowest BCUT2D eigenvalue weighted by Gasteiger charge is -2.31. The minimum atomic E-state index is 0.350. The van der Waals surface area contributed by atoms with Crippen LogP contribution in [-0.2, 0) is 24.3 Å². The molecular formula is C15H26N6O. The van der Waals surface area contributed by atoms with Gasteiger partial charge < -0.3 is 15.4 Å². The molecule has 3 rings (SSSR count). The summed E-state index contributed by atoms with van der Waals surface area (Å²) in [5.74, 6) is 2.78. The summed E-state index contributed by atoms with van der Waals surface area (Å²) in [6.07, 6.45) is 5.83. The molecule has 122 valence electrons. The third-order valence-corrected chi connectivity index (χ3v) is 4.28. The average Bonchev–Trinajstić information content (AvgIpc) is 2.85. The number of nitrogens with zero attached hydrogens (tertiary/aromatic N) is 4. The minimum Gasteiger partial charge on any atom is -0.377 e. The van der Waals surface area contributed by atoms with Crippen molar-refractivity contribution < 1.29 is 4.74 Å². The summed E-state index contributed by atoms with van der Waals surface area (Å²) in [5.41, 5.74) is 0. The third kappa shape index (κ3) is 3.58. The second kappa shape index (κ2) is 7.09. The van der Waals surface area contributed by atoms with Crippen molar-refractivity contribution in [3.63, 3.8) is 0 Å². The maximum absolute atomic E-state index is 5.11. The molecule has 7 heteroatoms. The van der Waals surface area contributed by atoms with Gasteiger partial charge in [-0.25, -0.2) is 9.67 Å². The molecular weight excluding hydrogens is 280 g/mol. The molecule has 0 radical (unpaired) electrons. The summed E-state index contributed by atoms with van der Waals surface area (Å²) < 4.78 is 7.11. The zero-order valence-corrected chi connectivity index (χ0v) is 13.5. The smallest absolute Gasteiger partial charge is 0.191 e.